The van der Waals surface area contributed by atoms with Gasteiger partial charge in [-0.1, -0.05) is 6.92 Å². The van der Waals surface area contributed by atoms with E-state index in [1.165, 1.54) is 0 Å². The van der Waals surface area contributed by atoms with Crippen LogP contribution in [0.1, 0.15) is 20.8 Å². The average molecular weight is 158 g/mol. The molecule has 1 fully saturated rings. The Morgan fingerprint density at radius 3 is 2.64 bits per heavy atom. The van der Waals surface area contributed by atoms with E-state index in [-0.39, 0.29) is 12.0 Å². The minimum Gasteiger partial charge on any atom is -0.348 e. The van der Waals surface area contributed by atoms with E-state index in [2.05, 4.69) is 0 Å². The highest BCUT2D eigenvalue weighted by Gasteiger charge is 2.35. The zero-order valence-corrected chi connectivity index (χ0v) is 7.16. The van der Waals surface area contributed by atoms with Gasteiger partial charge in [0.05, 0.1) is 12.7 Å². The summed E-state index contributed by atoms with van der Waals surface area (Å²) in [5.74, 6) is -0.584. The average Bonchev–Trinajstić information content (AvgIpc) is 2.29. The Balaban J connectivity index is 2.47. The second-order valence-electron chi connectivity index (χ2n) is 3.36. The van der Waals surface area contributed by atoms with Crippen LogP contribution in [0.5, 0.6) is 0 Å². The summed E-state index contributed by atoms with van der Waals surface area (Å²) >= 11 is 0. The maximum atomic E-state index is 10.4. The van der Waals surface area contributed by atoms with E-state index >= 15 is 0 Å². The monoisotopic (exact) mass is 158 g/mol. The molecule has 0 spiro atoms. The van der Waals surface area contributed by atoms with Crippen molar-refractivity contribution in [3.05, 3.63) is 0 Å². The Morgan fingerprint density at radius 1 is 1.64 bits per heavy atom. The molecule has 2 unspecified atom stereocenters. The van der Waals surface area contributed by atoms with Gasteiger partial charge in [0.2, 0.25) is 0 Å². The van der Waals surface area contributed by atoms with Crippen LogP contribution in [0.4, 0.5) is 0 Å². The van der Waals surface area contributed by atoms with Crippen LogP contribution < -0.4 is 0 Å². The van der Waals surface area contributed by atoms with E-state index in [1.807, 2.05) is 20.8 Å². The molecule has 0 radical (unpaired) electrons. The quantitative estimate of drug-likeness (QED) is 0.562. The second kappa shape index (κ2) is 2.91. The molecule has 0 aliphatic carbocycles. The molecule has 1 heterocycles. The van der Waals surface area contributed by atoms with E-state index < -0.39 is 5.79 Å². The first-order valence-corrected chi connectivity index (χ1v) is 3.82. The molecule has 0 amide bonds. The fourth-order valence-corrected chi connectivity index (χ4v) is 1.06. The fraction of sp³-hybridized carbons (Fsp3) is 0.875. The van der Waals surface area contributed by atoms with Crippen LogP contribution in [0.25, 0.3) is 0 Å². The predicted octanol–water partition coefficient (Wildman–Crippen LogP) is 0.973. The molecule has 1 aliphatic rings. The predicted molar refractivity (Wildman–Crippen MR) is 40.1 cm³/mol. The summed E-state index contributed by atoms with van der Waals surface area (Å²) in [5, 5.41) is 0. The number of hydrogen-bond acceptors (Lipinski definition) is 3. The number of hydrogen-bond donors (Lipinski definition) is 0. The topological polar surface area (TPSA) is 35.5 Å². The first kappa shape index (κ1) is 8.68. The van der Waals surface area contributed by atoms with Gasteiger partial charge in [-0.25, -0.2) is 0 Å². The van der Waals surface area contributed by atoms with E-state index in [4.69, 9.17) is 9.47 Å². The first-order chi connectivity index (χ1) is 5.05. The molecule has 0 saturated carbocycles. The van der Waals surface area contributed by atoms with Crippen LogP contribution >= 0.6 is 0 Å². The van der Waals surface area contributed by atoms with Crippen molar-refractivity contribution in [3.8, 4) is 0 Å². The Labute approximate surface area is 66.7 Å². The first-order valence-electron chi connectivity index (χ1n) is 3.82. The van der Waals surface area contributed by atoms with Crippen molar-refractivity contribution >= 4 is 6.29 Å². The maximum absolute atomic E-state index is 10.4. The Hall–Kier alpha value is -0.410. The van der Waals surface area contributed by atoms with Gasteiger partial charge >= 0.3 is 0 Å². The summed E-state index contributed by atoms with van der Waals surface area (Å²) < 4.78 is 10.7. The molecule has 11 heavy (non-hydrogen) atoms. The lowest BCUT2D eigenvalue weighted by molar-refractivity contribution is -0.145. The normalized spacial score (nSPS) is 31.7. The Morgan fingerprint density at radius 2 is 2.27 bits per heavy atom. The highest BCUT2D eigenvalue weighted by molar-refractivity contribution is 5.53. The summed E-state index contributed by atoms with van der Waals surface area (Å²) in [5.41, 5.74) is 0. The fourth-order valence-electron chi connectivity index (χ4n) is 1.06. The van der Waals surface area contributed by atoms with Gasteiger partial charge in [-0.05, 0) is 13.8 Å². The third-order valence-corrected chi connectivity index (χ3v) is 1.83. The van der Waals surface area contributed by atoms with E-state index in [0.29, 0.717) is 6.61 Å². The van der Waals surface area contributed by atoms with Crippen LogP contribution in [0, 0.1) is 5.92 Å². The van der Waals surface area contributed by atoms with Gasteiger partial charge in [-0.3, -0.25) is 0 Å². The third-order valence-electron chi connectivity index (χ3n) is 1.83. The molecular weight excluding hydrogens is 144 g/mol. The summed E-state index contributed by atoms with van der Waals surface area (Å²) in [6.07, 6.45) is 0.831. The van der Waals surface area contributed by atoms with Crippen LogP contribution in [0.2, 0.25) is 0 Å². The molecule has 3 nitrogen and oxygen atoms in total. The largest absolute Gasteiger partial charge is 0.348 e. The number of carbonyl (C=O) groups is 1. The third kappa shape index (κ3) is 2.01. The highest BCUT2D eigenvalue weighted by Crippen LogP contribution is 2.25. The number of rotatable bonds is 2. The van der Waals surface area contributed by atoms with Crippen molar-refractivity contribution in [2.45, 2.75) is 32.7 Å². The van der Waals surface area contributed by atoms with Crippen molar-refractivity contribution in [3.63, 3.8) is 0 Å². The van der Waals surface area contributed by atoms with E-state index in [9.17, 15) is 4.79 Å². The molecule has 3 heteroatoms. The van der Waals surface area contributed by atoms with E-state index in [0.717, 1.165) is 6.29 Å². The molecule has 0 aromatic carbocycles. The molecule has 1 saturated heterocycles. The summed E-state index contributed by atoms with van der Waals surface area (Å²) in [6, 6.07) is 0. The molecular formula is C8H14O3. The molecule has 0 aromatic heterocycles. The van der Waals surface area contributed by atoms with Crippen LogP contribution in [0.15, 0.2) is 0 Å². The number of ether oxygens (including phenoxy) is 2. The van der Waals surface area contributed by atoms with Gasteiger partial charge in [0.25, 0.3) is 0 Å². The van der Waals surface area contributed by atoms with Crippen molar-refractivity contribution < 1.29 is 14.3 Å². The summed E-state index contributed by atoms with van der Waals surface area (Å²) in [6.45, 7) is 6.06. The van der Waals surface area contributed by atoms with Crippen molar-refractivity contribution in [2.24, 2.45) is 5.92 Å². The number of carbonyl (C=O) groups excluding carboxylic acids is 1. The standard InChI is InChI=1S/C8H14O3/c1-6(4-9)7-5-10-8(2,3)11-7/h4,6-7H,5H2,1-3H3. The van der Waals surface area contributed by atoms with Gasteiger partial charge in [-0.2, -0.15) is 0 Å². The lowest BCUT2D eigenvalue weighted by Crippen LogP contribution is -2.25. The van der Waals surface area contributed by atoms with Gasteiger partial charge in [-0.15, -0.1) is 0 Å². The van der Waals surface area contributed by atoms with Crippen molar-refractivity contribution in [2.75, 3.05) is 6.61 Å². The minimum absolute atomic E-state index is 0.0671. The van der Waals surface area contributed by atoms with Gasteiger partial charge < -0.3 is 14.3 Å². The molecule has 0 bridgehead atoms. The minimum atomic E-state index is -0.512. The van der Waals surface area contributed by atoms with Gasteiger partial charge in [0.1, 0.15) is 6.29 Å². The van der Waals surface area contributed by atoms with Crippen molar-refractivity contribution in [1.82, 2.24) is 0 Å². The maximum Gasteiger partial charge on any atom is 0.163 e. The van der Waals surface area contributed by atoms with Crippen molar-refractivity contribution in [1.29, 1.82) is 0 Å². The molecule has 64 valence electrons. The van der Waals surface area contributed by atoms with Gasteiger partial charge in [0, 0.05) is 5.92 Å². The second-order valence-corrected chi connectivity index (χ2v) is 3.36. The molecule has 2 atom stereocenters. The van der Waals surface area contributed by atoms with Gasteiger partial charge in [0.15, 0.2) is 5.79 Å². The SMILES string of the molecule is CC(C=O)C1COC(C)(C)O1. The Kier molecular flexibility index (Phi) is 2.30. The lowest BCUT2D eigenvalue weighted by Gasteiger charge is -2.18. The summed E-state index contributed by atoms with van der Waals surface area (Å²) in [4.78, 5) is 10.4. The van der Waals surface area contributed by atoms with Crippen LogP contribution in [-0.4, -0.2) is 24.8 Å². The zero-order valence-electron chi connectivity index (χ0n) is 7.16. The van der Waals surface area contributed by atoms with E-state index in [1.54, 1.807) is 0 Å². The molecule has 1 aliphatic heterocycles. The van der Waals surface area contributed by atoms with Crippen LogP contribution in [0.3, 0.4) is 0 Å². The smallest absolute Gasteiger partial charge is 0.163 e. The lowest BCUT2D eigenvalue weighted by atomic mass is 10.1. The molecule has 0 N–H and O–H groups in total. The Bertz CT molecular complexity index is 153. The zero-order chi connectivity index (χ0) is 8.48. The summed E-state index contributed by atoms with van der Waals surface area (Å²) in [7, 11) is 0. The van der Waals surface area contributed by atoms with Crippen LogP contribution in [-0.2, 0) is 14.3 Å². The number of aldehydes is 1. The highest BCUT2D eigenvalue weighted by atomic mass is 16.7. The molecule has 0 aromatic rings. The molecule has 1 rings (SSSR count).